The second-order valence-corrected chi connectivity index (χ2v) is 7.76. The molecule has 0 aliphatic carbocycles. The second kappa shape index (κ2) is 4.87. The molecular formula is C20H22N2O3. The third-order valence-corrected chi connectivity index (χ3v) is 6.88. The van der Waals surface area contributed by atoms with E-state index in [1.54, 1.807) is 7.11 Å². The van der Waals surface area contributed by atoms with E-state index in [0.29, 0.717) is 23.9 Å². The Kier molecular flexibility index (Phi) is 2.80. The van der Waals surface area contributed by atoms with E-state index < -0.39 is 0 Å². The van der Waals surface area contributed by atoms with E-state index in [1.165, 1.54) is 22.2 Å². The second-order valence-electron chi connectivity index (χ2n) is 7.76. The summed E-state index contributed by atoms with van der Waals surface area (Å²) in [6.07, 6.45) is 3.31. The number of rotatable bonds is 2. The van der Waals surface area contributed by atoms with E-state index in [-0.39, 0.29) is 12.7 Å². The summed E-state index contributed by atoms with van der Waals surface area (Å²) in [7, 11) is 1.71. The standard InChI is InChI=1S/C20H22N2O3/c1-24-11-2-3-12-15(6-11)21-18-16-7-13-10(4-5-23)8-22(16)19-14(13)9-25-20(19)17(12)18/h2-4,6,13-14,16,19-21,23H,5,7-9H2,1H3. The molecule has 0 spiro atoms. The number of H-pyrrole nitrogens is 1. The highest BCUT2D eigenvalue weighted by Gasteiger charge is 2.59. The van der Waals surface area contributed by atoms with Crippen molar-refractivity contribution in [2.45, 2.75) is 24.6 Å². The number of aliphatic hydroxyl groups is 1. The summed E-state index contributed by atoms with van der Waals surface area (Å²) in [5.41, 5.74) is 5.26. The maximum Gasteiger partial charge on any atom is 0.120 e. The van der Waals surface area contributed by atoms with Gasteiger partial charge in [-0.1, -0.05) is 11.6 Å². The fraction of sp³-hybridized carbons (Fsp3) is 0.500. The molecule has 4 bridgehead atoms. The lowest BCUT2D eigenvalue weighted by atomic mass is 9.64. The van der Waals surface area contributed by atoms with Crippen LogP contribution in [0.2, 0.25) is 0 Å². The van der Waals surface area contributed by atoms with Crippen LogP contribution in [0.5, 0.6) is 5.75 Å². The van der Waals surface area contributed by atoms with Gasteiger partial charge in [-0.3, -0.25) is 4.90 Å². The Morgan fingerprint density at radius 2 is 2.36 bits per heavy atom. The maximum atomic E-state index is 9.38. The van der Waals surface area contributed by atoms with Crippen molar-refractivity contribution in [1.29, 1.82) is 0 Å². The fourth-order valence-corrected chi connectivity index (χ4v) is 5.93. The van der Waals surface area contributed by atoms with Crippen LogP contribution >= 0.6 is 0 Å². The van der Waals surface area contributed by atoms with Gasteiger partial charge in [-0.15, -0.1) is 0 Å². The van der Waals surface area contributed by atoms with Crippen molar-refractivity contribution in [3.05, 3.63) is 41.1 Å². The first-order chi connectivity index (χ1) is 12.3. The van der Waals surface area contributed by atoms with Crippen LogP contribution in [-0.2, 0) is 4.74 Å². The molecule has 130 valence electrons. The summed E-state index contributed by atoms with van der Waals surface area (Å²) in [4.78, 5) is 6.31. The van der Waals surface area contributed by atoms with Gasteiger partial charge >= 0.3 is 0 Å². The third kappa shape index (κ3) is 1.69. The highest BCUT2D eigenvalue weighted by Crippen LogP contribution is 2.60. The Morgan fingerprint density at radius 3 is 3.20 bits per heavy atom. The quantitative estimate of drug-likeness (QED) is 0.826. The number of hydrogen-bond acceptors (Lipinski definition) is 4. The summed E-state index contributed by atoms with van der Waals surface area (Å²) in [5.74, 6) is 1.99. The Hall–Kier alpha value is -1.82. The van der Waals surface area contributed by atoms with Crippen LogP contribution in [0, 0.1) is 11.8 Å². The minimum absolute atomic E-state index is 0.142. The average molecular weight is 338 g/mol. The monoisotopic (exact) mass is 338 g/mol. The number of ether oxygens (including phenoxy) is 2. The topological polar surface area (TPSA) is 57.7 Å². The molecule has 25 heavy (non-hydrogen) atoms. The first-order valence-corrected chi connectivity index (χ1v) is 9.16. The number of aromatic amines is 1. The van der Waals surface area contributed by atoms with Gasteiger partial charge in [0.25, 0.3) is 0 Å². The van der Waals surface area contributed by atoms with Crippen LogP contribution in [0.4, 0.5) is 0 Å². The smallest absolute Gasteiger partial charge is 0.120 e. The number of fused-ring (bicyclic) bond motifs is 5. The minimum Gasteiger partial charge on any atom is -0.497 e. The van der Waals surface area contributed by atoms with Gasteiger partial charge in [-0.2, -0.15) is 0 Å². The number of aliphatic hydroxyl groups excluding tert-OH is 1. The summed E-state index contributed by atoms with van der Waals surface area (Å²) in [6.45, 7) is 1.94. The van der Waals surface area contributed by atoms with Gasteiger partial charge in [-0.05, 0) is 24.5 Å². The predicted octanol–water partition coefficient (Wildman–Crippen LogP) is 2.54. The number of aromatic nitrogens is 1. The zero-order valence-electron chi connectivity index (χ0n) is 14.2. The lowest BCUT2D eigenvalue weighted by molar-refractivity contribution is -0.0335. The molecule has 2 aromatic rings. The number of hydrogen-bond donors (Lipinski definition) is 2. The lowest BCUT2D eigenvalue weighted by Crippen LogP contribution is -2.59. The van der Waals surface area contributed by atoms with Gasteiger partial charge in [0.05, 0.1) is 26.4 Å². The molecule has 6 atom stereocenters. The SMILES string of the molecule is COc1ccc2c3c([nH]c2c1)C1CC2C(=CCO)CN1C1C3OCC21. The summed E-state index contributed by atoms with van der Waals surface area (Å²) in [5, 5.41) is 10.7. The van der Waals surface area contributed by atoms with Gasteiger partial charge < -0.3 is 19.6 Å². The molecule has 1 aromatic heterocycles. The Labute approximate surface area is 146 Å². The number of methoxy groups -OCH3 is 1. The molecule has 6 heterocycles. The van der Waals surface area contributed by atoms with Crippen molar-refractivity contribution in [3.63, 3.8) is 0 Å². The maximum absolute atomic E-state index is 9.38. The largest absolute Gasteiger partial charge is 0.497 e. The molecular weight excluding hydrogens is 316 g/mol. The molecule has 6 unspecified atom stereocenters. The van der Waals surface area contributed by atoms with Crippen LogP contribution in [0.25, 0.3) is 10.9 Å². The minimum atomic E-state index is 0.142. The Morgan fingerprint density at radius 1 is 1.44 bits per heavy atom. The molecule has 1 aromatic carbocycles. The van der Waals surface area contributed by atoms with E-state index in [9.17, 15) is 5.11 Å². The molecule has 5 aliphatic rings. The van der Waals surface area contributed by atoms with Crippen molar-refractivity contribution in [1.82, 2.24) is 9.88 Å². The van der Waals surface area contributed by atoms with Crippen LogP contribution in [0.3, 0.4) is 0 Å². The highest BCUT2D eigenvalue weighted by molar-refractivity contribution is 5.87. The van der Waals surface area contributed by atoms with Crippen LogP contribution in [-0.4, -0.2) is 47.9 Å². The zero-order valence-corrected chi connectivity index (χ0v) is 14.2. The van der Waals surface area contributed by atoms with Crippen molar-refractivity contribution >= 4 is 10.9 Å². The van der Waals surface area contributed by atoms with E-state index in [4.69, 9.17) is 9.47 Å². The van der Waals surface area contributed by atoms with Crippen molar-refractivity contribution in [3.8, 4) is 5.75 Å². The van der Waals surface area contributed by atoms with E-state index in [0.717, 1.165) is 30.8 Å². The van der Waals surface area contributed by atoms with E-state index >= 15 is 0 Å². The molecule has 4 saturated heterocycles. The highest BCUT2D eigenvalue weighted by atomic mass is 16.5. The lowest BCUT2D eigenvalue weighted by Gasteiger charge is -2.57. The zero-order chi connectivity index (χ0) is 16.7. The number of piperidine rings is 3. The first kappa shape index (κ1) is 14.4. The first-order valence-electron chi connectivity index (χ1n) is 9.16. The summed E-state index contributed by atoms with van der Waals surface area (Å²) < 4.78 is 11.8. The van der Waals surface area contributed by atoms with E-state index in [1.807, 2.05) is 12.1 Å². The van der Waals surface area contributed by atoms with Crippen LogP contribution in [0.15, 0.2) is 29.8 Å². The number of nitrogens with zero attached hydrogens (tertiary/aromatic N) is 1. The molecule has 5 nitrogen and oxygen atoms in total. The number of nitrogens with one attached hydrogen (secondary N) is 1. The molecule has 7 rings (SSSR count). The van der Waals surface area contributed by atoms with Crippen LogP contribution in [0.1, 0.15) is 29.8 Å². The van der Waals surface area contributed by atoms with Crippen LogP contribution < -0.4 is 4.74 Å². The number of benzene rings is 1. The van der Waals surface area contributed by atoms with Gasteiger partial charge in [0.2, 0.25) is 0 Å². The normalized spacial score (nSPS) is 39.2. The molecule has 0 saturated carbocycles. The van der Waals surface area contributed by atoms with Gasteiger partial charge in [0.15, 0.2) is 0 Å². The fourth-order valence-electron chi connectivity index (χ4n) is 5.93. The third-order valence-electron chi connectivity index (χ3n) is 6.88. The van der Waals surface area contributed by atoms with E-state index in [2.05, 4.69) is 22.0 Å². The molecule has 0 amide bonds. The van der Waals surface area contributed by atoms with Gasteiger partial charge in [0.1, 0.15) is 11.9 Å². The predicted molar refractivity (Wildman–Crippen MR) is 93.5 cm³/mol. The summed E-state index contributed by atoms with van der Waals surface area (Å²) >= 11 is 0. The Bertz CT molecular complexity index is 902. The Balaban J connectivity index is 1.55. The molecule has 5 aliphatic heterocycles. The van der Waals surface area contributed by atoms with Crippen molar-refractivity contribution < 1.29 is 14.6 Å². The average Bonchev–Trinajstić information content (AvgIpc) is 3.24. The molecule has 4 fully saturated rings. The molecule has 2 N–H and O–H groups in total. The summed E-state index contributed by atoms with van der Waals surface area (Å²) in [6, 6.07) is 7.23. The van der Waals surface area contributed by atoms with Gasteiger partial charge in [0, 0.05) is 46.7 Å². The van der Waals surface area contributed by atoms with Crippen molar-refractivity contribution in [2.24, 2.45) is 11.8 Å². The molecule has 5 heteroatoms. The van der Waals surface area contributed by atoms with Gasteiger partial charge in [-0.25, -0.2) is 0 Å². The molecule has 0 radical (unpaired) electrons. The van der Waals surface area contributed by atoms with Crippen molar-refractivity contribution in [2.75, 3.05) is 26.9 Å².